The lowest BCUT2D eigenvalue weighted by Gasteiger charge is -2.23. The Balaban J connectivity index is 2.10. The zero-order chi connectivity index (χ0) is 12.7. The van der Waals surface area contributed by atoms with Gasteiger partial charge >= 0.3 is 6.03 Å². The lowest BCUT2D eigenvalue weighted by atomic mass is 9.87. The van der Waals surface area contributed by atoms with Crippen LogP contribution >= 0.6 is 0 Å². The van der Waals surface area contributed by atoms with E-state index >= 15 is 0 Å². The van der Waals surface area contributed by atoms with E-state index in [9.17, 15) is 9.90 Å². The summed E-state index contributed by atoms with van der Waals surface area (Å²) in [5, 5.41) is 12.1. The highest BCUT2D eigenvalue weighted by Gasteiger charge is 2.14. The first-order valence-electron chi connectivity index (χ1n) is 6.76. The van der Waals surface area contributed by atoms with Gasteiger partial charge in [-0.3, -0.25) is 0 Å². The van der Waals surface area contributed by atoms with E-state index in [1.807, 2.05) is 0 Å². The van der Waals surface area contributed by atoms with Crippen molar-refractivity contribution in [2.75, 3.05) is 20.1 Å². The molecule has 17 heavy (non-hydrogen) atoms. The Kier molecular flexibility index (Phi) is 6.34. The Morgan fingerprint density at radius 1 is 1.41 bits per heavy atom. The molecule has 0 saturated heterocycles. The number of likely N-dealkylation sites (N-methyl/N-ethyl adjacent to an activating group) is 1. The second kappa shape index (κ2) is 7.54. The highest BCUT2D eigenvalue weighted by atomic mass is 16.3. The van der Waals surface area contributed by atoms with Crippen LogP contribution in [0.2, 0.25) is 0 Å². The van der Waals surface area contributed by atoms with Crippen LogP contribution in [0.5, 0.6) is 0 Å². The molecule has 1 rings (SSSR count). The first-order chi connectivity index (χ1) is 8.09. The third-order valence-corrected chi connectivity index (χ3v) is 3.44. The molecule has 1 aliphatic rings. The lowest BCUT2D eigenvalue weighted by Crippen LogP contribution is -2.41. The zero-order valence-corrected chi connectivity index (χ0v) is 11.1. The van der Waals surface area contributed by atoms with Gasteiger partial charge in [0.25, 0.3) is 0 Å². The van der Waals surface area contributed by atoms with E-state index in [-0.39, 0.29) is 6.03 Å². The third kappa shape index (κ3) is 5.91. The molecule has 1 aliphatic carbocycles. The Morgan fingerprint density at radius 2 is 2.06 bits per heavy atom. The van der Waals surface area contributed by atoms with Crippen molar-refractivity contribution >= 4 is 6.03 Å². The molecule has 4 heteroatoms. The molecule has 2 N–H and O–H groups in total. The number of aliphatic hydroxyl groups excluding tert-OH is 1. The number of hydrogen-bond acceptors (Lipinski definition) is 2. The van der Waals surface area contributed by atoms with Gasteiger partial charge in [-0.1, -0.05) is 32.1 Å². The predicted molar refractivity (Wildman–Crippen MR) is 68.9 cm³/mol. The maximum Gasteiger partial charge on any atom is 0.317 e. The van der Waals surface area contributed by atoms with Crippen LogP contribution in [0, 0.1) is 5.92 Å². The van der Waals surface area contributed by atoms with E-state index in [0.29, 0.717) is 6.54 Å². The fraction of sp³-hybridized carbons (Fsp3) is 0.923. The average molecular weight is 242 g/mol. The van der Waals surface area contributed by atoms with Crippen molar-refractivity contribution in [2.24, 2.45) is 5.92 Å². The summed E-state index contributed by atoms with van der Waals surface area (Å²) in [6.45, 7) is 2.83. The van der Waals surface area contributed by atoms with Crippen molar-refractivity contribution in [3.63, 3.8) is 0 Å². The third-order valence-electron chi connectivity index (χ3n) is 3.44. The predicted octanol–water partition coefficient (Wildman–Crippen LogP) is 1.98. The Hall–Kier alpha value is -0.770. The van der Waals surface area contributed by atoms with Crippen LogP contribution < -0.4 is 5.32 Å². The van der Waals surface area contributed by atoms with E-state index in [1.165, 1.54) is 37.0 Å². The molecule has 0 heterocycles. The van der Waals surface area contributed by atoms with E-state index in [4.69, 9.17) is 0 Å². The summed E-state index contributed by atoms with van der Waals surface area (Å²) in [7, 11) is 1.71. The molecule has 2 amide bonds. The van der Waals surface area contributed by atoms with Gasteiger partial charge in [0.2, 0.25) is 0 Å². The second-order valence-corrected chi connectivity index (χ2v) is 5.25. The van der Waals surface area contributed by atoms with Gasteiger partial charge in [0.15, 0.2) is 0 Å². The van der Waals surface area contributed by atoms with Crippen LogP contribution in [0.3, 0.4) is 0 Å². The first kappa shape index (κ1) is 14.3. The molecule has 1 unspecified atom stereocenters. The smallest absolute Gasteiger partial charge is 0.317 e. The lowest BCUT2D eigenvalue weighted by molar-refractivity contribution is 0.143. The topological polar surface area (TPSA) is 52.6 Å². The van der Waals surface area contributed by atoms with Crippen molar-refractivity contribution in [1.82, 2.24) is 10.2 Å². The molecule has 1 saturated carbocycles. The summed E-state index contributed by atoms with van der Waals surface area (Å²) in [5.74, 6) is 0.797. The minimum atomic E-state index is -0.468. The SMILES string of the molecule is CC(O)CN(C)C(=O)NCCC1CCCCC1. The van der Waals surface area contributed by atoms with Crippen LogP contribution in [0.15, 0.2) is 0 Å². The summed E-state index contributed by atoms with van der Waals surface area (Å²) in [6.07, 6.45) is 7.33. The van der Waals surface area contributed by atoms with E-state index in [0.717, 1.165) is 18.9 Å². The molecule has 0 radical (unpaired) electrons. The van der Waals surface area contributed by atoms with Crippen molar-refractivity contribution in [3.8, 4) is 0 Å². The van der Waals surface area contributed by atoms with Gasteiger partial charge in [-0.05, 0) is 19.3 Å². The molecule has 0 bridgehead atoms. The fourth-order valence-electron chi connectivity index (χ4n) is 2.47. The molecule has 0 aliphatic heterocycles. The highest BCUT2D eigenvalue weighted by Crippen LogP contribution is 2.25. The van der Waals surface area contributed by atoms with Gasteiger partial charge in [-0.2, -0.15) is 0 Å². The molecule has 1 fully saturated rings. The maximum absolute atomic E-state index is 11.6. The molecule has 4 nitrogen and oxygen atoms in total. The highest BCUT2D eigenvalue weighted by molar-refractivity contribution is 5.73. The summed E-state index contributed by atoms with van der Waals surface area (Å²) in [4.78, 5) is 13.2. The van der Waals surface area contributed by atoms with Crippen LogP contribution in [0.25, 0.3) is 0 Å². The quantitative estimate of drug-likeness (QED) is 0.774. The van der Waals surface area contributed by atoms with Crippen LogP contribution in [-0.4, -0.2) is 42.3 Å². The van der Waals surface area contributed by atoms with Crippen molar-refractivity contribution in [3.05, 3.63) is 0 Å². The van der Waals surface area contributed by atoms with Gasteiger partial charge < -0.3 is 15.3 Å². The number of hydrogen-bond donors (Lipinski definition) is 2. The molecule has 0 spiro atoms. The number of rotatable bonds is 5. The zero-order valence-electron chi connectivity index (χ0n) is 11.1. The van der Waals surface area contributed by atoms with Crippen molar-refractivity contribution in [2.45, 2.75) is 51.6 Å². The average Bonchev–Trinajstić information content (AvgIpc) is 2.29. The second-order valence-electron chi connectivity index (χ2n) is 5.25. The van der Waals surface area contributed by atoms with Crippen molar-refractivity contribution < 1.29 is 9.90 Å². The molecule has 0 aromatic carbocycles. The van der Waals surface area contributed by atoms with Gasteiger partial charge in [0.05, 0.1) is 6.10 Å². The van der Waals surface area contributed by atoms with E-state index in [1.54, 1.807) is 14.0 Å². The van der Waals surface area contributed by atoms with Crippen LogP contribution in [0.4, 0.5) is 4.79 Å². The normalized spacial score (nSPS) is 18.8. The first-order valence-corrected chi connectivity index (χ1v) is 6.76. The molecule has 0 aromatic heterocycles. The summed E-state index contributed by atoms with van der Waals surface area (Å²) < 4.78 is 0. The largest absolute Gasteiger partial charge is 0.392 e. The summed E-state index contributed by atoms with van der Waals surface area (Å²) in [5.41, 5.74) is 0. The van der Waals surface area contributed by atoms with Crippen molar-refractivity contribution in [1.29, 1.82) is 0 Å². The maximum atomic E-state index is 11.6. The monoisotopic (exact) mass is 242 g/mol. The van der Waals surface area contributed by atoms with E-state index < -0.39 is 6.10 Å². The number of urea groups is 1. The Labute approximate surface area is 104 Å². The number of carbonyl (C=O) groups is 1. The van der Waals surface area contributed by atoms with Gasteiger partial charge in [-0.15, -0.1) is 0 Å². The molecule has 100 valence electrons. The number of amides is 2. The van der Waals surface area contributed by atoms with Gasteiger partial charge in [-0.25, -0.2) is 4.79 Å². The number of aliphatic hydroxyl groups is 1. The fourth-order valence-corrected chi connectivity index (χ4v) is 2.47. The summed E-state index contributed by atoms with van der Waals surface area (Å²) in [6, 6.07) is -0.0818. The standard InChI is InChI=1S/C13H26N2O2/c1-11(16)10-15(2)13(17)14-9-8-12-6-4-3-5-7-12/h11-12,16H,3-10H2,1-2H3,(H,14,17). The van der Waals surface area contributed by atoms with Gasteiger partial charge in [0.1, 0.15) is 0 Å². The van der Waals surface area contributed by atoms with Crippen LogP contribution in [-0.2, 0) is 0 Å². The van der Waals surface area contributed by atoms with Gasteiger partial charge in [0, 0.05) is 20.1 Å². The van der Waals surface area contributed by atoms with E-state index in [2.05, 4.69) is 5.32 Å². The molecule has 0 aromatic rings. The summed E-state index contributed by atoms with van der Waals surface area (Å²) >= 11 is 0. The number of nitrogens with one attached hydrogen (secondary N) is 1. The number of nitrogens with zero attached hydrogens (tertiary/aromatic N) is 1. The van der Waals surface area contributed by atoms with Crippen LogP contribution in [0.1, 0.15) is 45.4 Å². The Bertz CT molecular complexity index is 225. The Morgan fingerprint density at radius 3 is 2.65 bits per heavy atom. The number of carbonyl (C=O) groups excluding carboxylic acids is 1. The molecular formula is C13H26N2O2. The molecular weight excluding hydrogens is 216 g/mol. The minimum Gasteiger partial charge on any atom is -0.392 e. The molecule has 1 atom stereocenters. The minimum absolute atomic E-state index is 0.0818.